The molecule has 96 valence electrons. The van der Waals surface area contributed by atoms with Crippen molar-refractivity contribution in [2.24, 2.45) is 11.7 Å². The number of aryl methyl sites for hydroxylation is 1. The Morgan fingerprint density at radius 2 is 1.94 bits per heavy atom. The second-order valence-electron chi connectivity index (χ2n) is 4.71. The third kappa shape index (κ3) is 4.75. The molecule has 3 N–H and O–H groups in total. The van der Waals surface area contributed by atoms with E-state index < -0.39 is 0 Å². The van der Waals surface area contributed by atoms with Crippen LogP contribution >= 0.6 is 0 Å². The Morgan fingerprint density at radius 3 is 2.47 bits per heavy atom. The largest absolute Gasteiger partial charge is 0.396 e. The maximum atomic E-state index is 9.15. The van der Waals surface area contributed by atoms with Crippen LogP contribution in [0.3, 0.4) is 0 Å². The summed E-state index contributed by atoms with van der Waals surface area (Å²) in [5, 5.41) is 9.15. The number of benzene rings is 1. The molecule has 1 atom stereocenters. The predicted octanol–water partition coefficient (Wildman–Crippen LogP) is 1.78. The van der Waals surface area contributed by atoms with Crippen LogP contribution in [-0.4, -0.2) is 31.3 Å². The van der Waals surface area contributed by atoms with E-state index >= 15 is 0 Å². The Labute approximate surface area is 104 Å². The van der Waals surface area contributed by atoms with Crippen molar-refractivity contribution in [2.75, 3.05) is 31.1 Å². The predicted molar refractivity (Wildman–Crippen MR) is 73.3 cm³/mol. The first-order valence-electron chi connectivity index (χ1n) is 6.30. The summed E-state index contributed by atoms with van der Waals surface area (Å²) >= 11 is 0. The molecule has 0 aliphatic rings. The first kappa shape index (κ1) is 14.0. The molecule has 1 unspecified atom stereocenters. The minimum absolute atomic E-state index is 0.227. The summed E-state index contributed by atoms with van der Waals surface area (Å²) < 4.78 is 0. The fourth-order valence-corrected chi connectivity index (χ4v) is 1.80. The maximum Gasteiger partial charge on any atom is 0.0473 e. The maximum absolute atomic E-state index is 9.15. The zero-order valence-corrected chi connectivity index (χ0v) is 10.9. The fraction of sp³-hybridized carbons (Fsp3) is 0.571. The van der Waals surface area contributed by atoms with Crippen LogP contribution in [0.1, 0.15) is 18.9 Å². The average molecular weight is 236 g/mol. The normalized spacial score (nSPS) is 12.5. The molecule has 1 aromatic carbocycles. The van der Waals surface area contributed by atoms with Crippen molar-refractivity contribution in [1.29, 1.82) is 0 Å². The molecule has 0 spiro atoms. The Kier molecular flexibility index (Phi) is 6.01. The van der Waals surface area contributed by atoms with Gasteiger partial charge in [0, 0.05) is 25.4 Å². The average Bonchev–Trinajstić information content (AvgIpc) is 2.35. The zero-order chi connectivity index (χ0) is 12.7. The number of nitrogens with two attached hydrogens (primary N) is 1. The van der Waals surface area contributed by atoms with Crippen LogP contribution < -0.4 is 10.6 Å². The smallest absolute Gasteiger partial charge is 0.0473 e. The van der Waals surface area contributed by atoms with Crippen molar-refractivity contribution in [1.82, 2.24) is 0 Å². The molecule has 3 nitrogen and oxygen atoms in total. The van der Waals surface area contributed by atoms with Crippen molar-refractivity contribution in [2.45, 2.75) is 20.3 Å². The van der Waals surface area contributed by atoms with Gasteiger partial charge in [-0.3, -0.25) is 0 Å². The van der Waals surface area contributed by atoms with E-state index in [0.29, 0.717) is 6.54 Å². The molecule has 0 amide bonds. The highest BCUT2D eigenvalue weighted by Gasteiger charge is 2.09. The first-order chi connectivity index (χ1) is 8.17. The number of aliphatic hydroxyl groups excluding tert-OH is 1. The standard InChI is InChI=1S/C14H24N2O/c1-12-4-6-14(7-5-12)16(9-3-8-15)10-13(2)11-17/h4-7,13,17H,3,8-11,15H2,1-2H3. The van der Waals surface area contributed by atoms with E-state index in [1.807, 2.05) is 0 Å². The lowest BCUT2D eigenvalue weighted by molar-refractivity contribution is 0.239. The van der Waals surface area contributed by atoms with E-state index in [9.17, 15) is 0 Å². The molecule has 17 heavy (non-hydrogen) atoms. The molecule has 0 saturated heterocycles. The van der Waals surface area contributed by atoms with Gasteiger partial charge in [0.25, 0.3) is 0 Å². The minimum atomic E-state index is 0.227. The van der Waals surface area contributed by atoms with Crippen molar-refractivity contribution in [3.8, 4) is 0 Å². The summed E-state index contributed by atoms with van der Waals surface area (Å²) in [6.07, 6.45) is 0.978. The lowest BCUT2D eigenvalue weighted by atomic mass is 10.1. The van der Waals surface area contributed by atoms with Gasteiger partial charge in [0.05, 0.1) is 0 Å². The SMILES string of the molecule is Cc1ccc(N(CCCN)CC(C)CO)cc1. The van der Waals surface area contributed by atoms with Gasteiger partial charge in [-0.25, -0.2) is 0 Å². The van der Waals surface area contributed by atoms with Crippen LogP contribution in [0.2, 0.25) is 0 Å². The summed E-state index contributed by atoms with van der Waals surface area (Å²) in [6.45, 7) is 6.90. The minimum Gasteiger partial charge on any atom is -0.396 e. The van der Waals surface area contributed by atoms with Gasteiger partial charge >= 0.3 is 0 Å². The van der Waals surface area contributed by atoms with Gasteiger partial charge in [-0.05, 0) is 37.9 Å². The number of nitrogens with zero attached hydrogens (tertiary/aromatic N) is 1. The van der Waals surface area contributed by atoms with E-state index in [-0.39, 0.29) is 12.5 Å². The molecule has 1 aromatic rings. The lowest BCUT2D eigenvalue weighted by Crippen LogP contribution is -2.31. The van der Waals surface area contributed by atoms with Crippen molar-refractivity contribution < 1.29 is 5.11 Å². The Bertz CT molecular complexity index is 311. The van der Waals surface area contributed by atoms with Crippen molar-refractivity contribution in [3.63, 3.8) is 0 Å². The molecule has 0 saturated carbocycles. The summed E-state index contributed by atoms with van der Waals surface area (Å²) in [6, 6.07) is 8.51. The molecule has 1 rings (SSSR count). The molecular weight excluding hydrogens is 212 g/mol. The van der Waals surface area contributed by atoms with Gasteiger partial charge in [0.2, 0.25) is 0 Å². The highest BCUT2D eigenvalue weighted by Crippen LogP contribution is 2.16. The van der Waals surface area contributed by atoms with Crippen LogP contribution in [0.5, 0.6) is 0 Å². The molecular formula is C14H24N2O. The van der Waals surface area contributed by atoms with E-state index in [1.165, 1.54) is 11.3 Å². The molecule has 0 aromatic heterocycles. The van der Waals surface area contributed by atoms with E-state index in [2.05, 4.69) is 43.0 Å². The molecule has 0 aliphatic heterocycles. The van der Waals surface area contributed by atoms with Crippen LogP contribution in [0.15, 0.2) is 24.3 Å². The Balaban J connectivity index is 2.70. The Morgan fingerprint density at radius 1 is 1.29 bits per heavy atom. The third-order valence-electron chi connectivity index (χ3n) is 2.88. The topological polar surface area (TPSA) is 49.5 Å². The van der Waals surface area contributed by atoms with Gasteiger partial charge in [0.1, 0.15) is 0 Å². The molecule has 0 radical (unpaired) electrons. The number of hydrogen-bond acceptors (Lipinski definition) is 3. The molecule has 3 heteroatoms. The van der Waals surface area contributed by atoms with E-state index in [0.717, 1.165) is 19.5 Å². The highest BCUT2D eigenvalue weighted by molar-refractivity contribution is 5.47. The Hall–Kier alpha value is -1.06. The van der Waals surface area contributed by atoms with Gasteiger partial charge in [0.15, 0.2) is 0 Å². The molecule has 0 aliphatic carbocycles. The number of hydrogen-bond donors (Lipinski definition) is 2. The summed E-state index contributed by atoms with van der Waals surface area (Å²) in [4.78, 5) is 2.30. The summed E-state index contributed by atoms with van der Waals surface area (Å²) in [5.74, 6) is 0.286. The third-order valence-corrected chi connectivity index (χ3v) is 2.88. The van der Waals surface area contributed by atoms with Crippen LogP contribution in [0.4, 0.5) is 5.69 Å². The number of rotatable bonds is 7. The fourth-order valence-electron chi connectivity index (χ4n) is 1.80. The van der Waals surface area contributed by atoms with Gasteiger partial charge in [-0.1, -0.05) is 24.6 Å². The van der Waals surface area contributed by atoms with E-state index in [4.69, 9.17) is 10.8 Å². The van der Waals surface area contributed by atoms with Gasteiger partial charge < -0.3 is 15.7 Å². The second-order valence-corrected chi connectivity index (χ2v) is 4.71. The number of aliphatic hydroxyl groups is 1. The summed E-state index contributed by atoms with van der Waals surface area (Å²) in [5.41, 5.74) is 8.05. The van der Waals surface area contributed by atoms with Crippen LogP contribution in [0, 0.1) is 12.8 Å². The quantitative estimate of drug-likeness (QED) is 0.758. The number of anilines is 1. The zero-order valence-electron chi connectivity index (χ0n) is 10.9. The van der Waals surface area contributed by atoms with Crippen LogP contribution in [0.25, 0.3) is 0 Å². The molecule has 0 heterocycles. The second kappa shape index (κ2) is 7.30. The lowest BCUT2D eigenvalue weighted by Gasteiger charge is -2.27. The van der Waals surface area contributed by atoms with Crippen molar-refractivity contribution >= 4 is 5.69 Å². The summed E-state index contributed by atoms with van der Waals surface area (Å²) in [7, 11) is 0. The highest BCUT2D eigenvalue weighted by atomic mass is 16.3. The molecule has 0 bridgehead atoms. The van der Waals surface area contributed by atoms with Gasteiger partial charge in [-0.2, -0.15) is 0 Å². The first-order valence-corrected chi connectivity index (χ1v) is 6.30. The monoisotopic (exact) mass is 236 g/mol. The van der Waals surface area contributed by atoms with E-state index in [1.54, 1.807) is 0 Å². The van der Waals surface area contributed by atoms with Crippen LogP contribution in [-0.2, 0) is 0 Å². The molecule has 0 fully saturated rings. The van der Waals surface area contributed by atoms with Crippen molar-refractivity contribution in [3.05, 3.63) is 29.8 Å². The van der Waals surface area contributed by atoms with Gasteiger partial charge in [-0.15, -0.1) is 0 Å².